The van der Waals surface area contributed by atoms with Gasteiger partial charge in [-0.1, -0.05) is 0 Å². The number of carbonyl (C=O) groups is 2. The van der Waals surface area contributed by atoms with E-state index in [1.807, 2.05) is 0 Å². The third-order valence-corrected chi connectivity index (χ3v) is 5.49. The Hall–Kier alpha value is -1.73. The summed E-state index contributed by atoms with van der Waals surface area (Å²) in [6, 6.07) is 5.89. The maximum atomic E-state index is 12.4. The van der Waals surface area contributed by atoms with Crippen LogP contribution in [-0.2, 0) is 14.8 Å². The quantitative estimate of drug-likeness (QED) is 0.852. The molecule has 0 bridgehead atoms. The van der Waals surface area contributed by atoms with Gasteiger partial charge in [-0.3, -0.25) is 9.59 Å². The second kappa shape index (κ2) is 7.02. The van der Waals surface area contributed by atoms with Gasteiger partial charge in [0.15, 0.2) is 0 Å². The van der Waals surface area contributed by atoms with Crippen molar-refractivity contribution in [3.05, 3.63) is 29.8 Å². The van der Waals surface area contributed by atoms with Gasteiger partial charge in [-0.05, 0) is 44.0 Å². The van der Waals surface area contributed by atoms with Crippen LogP contribution in [0.15, 0.2) is 29.2 Å². The number of sulfonamides is 1. The van der Waals surface area contributed by atoms with Crippen molar-refractivity contribution in [2.75, 3.05) is 19.6 Å². The predicted octanol–water partition coefficient (Wildman–Crippen LogP) is 1.18. The summed E-state index contributed by atoms with van der Waals surface area (Å²) in [6.45, 7) is 2.84. The summed E-state index contributed by atoms with van der Waals surface area (Å²) in [5, 5.41) is 2.62. The Kier molecular flexibility index (Phi) is 5.31. The lowest BCUT2D eigenvalue weighted by Crippen LogP contribution is -2.28. The minimum absolute atomic E-state index is 0.00681. The number of hydrogen-bond donors (Lipinski definition) is 1. The number of ketones is 1. The van der Waals surface area contributed by atoms with Gasteiger partial charge < -0.3 is 5.32 Å². The monoisotopic (exact) mass is 324 g/mol. The molecule has 1 aliphatic rings. The van der Waals surface area contributed by atoms with Crippen molar-refractivity contribution in [1.82, 2.24) is 9.62 Å². The van der Waals surface area contributed by atoms with Crippen molar-refractivity contribution in [3.8, 4) is 0 Å². The Balaban J connectivity index is 2.03. The van der Waals surface area contributed by atoms with Gasteiger partial charge in [-0.15, -0.1) is 0 Å². The number of Topliss-reactive ketones (excluding diaryl/α,β-unsaturated/α-hetero) is 1. The Labute approximate surface area is 130 Å². The second-order valence-corrected chi connectivity index (χ2v) is 7.28. The number of amides is 1. The summed E-state index contributed by atoms with van der Waals surface area (Å²) in [6.07, 6.45) is 2.05. The van der Waals surface area contributed by atoms with Gasteiger partial charge in [0.05, 0.1) is 4.90 Å². The van der Waals surface area contributed by atoms with E-state index < -0.39 is 10.0 Å². The Morgan fingerprint density at radius 2 is 1.73 bits per heavy atom. The molecule has 0 saturated carbocycles. The summed E-state index contributed by atoms with van der Waals surface area (Å²) in [5.74, 6) is -0.307. The van der Waals surface area contributed by atoms with E-state index in [1.54, 1.807) is 0 Å². The zero-order chi connectivity index (χ0) is 16.2. The normalized spacial score (nSPS) is 15.7. The summed E-state index contributed by atoms with van der Waals surface area (Å²) in [7, 11) is -3.45. The number of carbonyl (C=O) groups excluding carboxylic acids is 2. The minimum Gasteiger partial charge on any atom is -0.352 e. The first-order valence-corrected chi connectivity index (χ1v) is 8.73. The highest BCUT2D eigenvalue weighted by Gasteiger charge is 2.27. The van der Waals surface area contributed by atoms with Crippen LogP contribution in [0.2, 0.25) is 0 Å². The number of nitrogens with one attached hydrogen (secondary N) is 1. The largest absolute Gasteiger partial charge is 0.352 e. The van der Waals surface area contributed by atoms with Crippen LogP contribution in [-0.4, -0.2) is 44.0 Å². The lowest BCUT2D eigenvalue weighted by molar-refractivity contribution is -0.116. The molecule has 0 radical (unpaired) electrons. The molecule has 1 heterocycles. The van der Waals surface area contributed by atoms with E-state index in [9.17, 15) is 18.0 Å². The third kappa shape index (κ3) is 3.92. The van der Waals surface area contributed by atoms with E-state index in [-0.39, 0.29) is 29.6 Å². The second-order valence-electron chi connectivity index (χ2n) is 5.34. The lowest BCUT2D eigenvalue weighted by Gasteiger charge is -2.15. The fourth-order valence-corrected chi connectivity index (χ4v) is 3.83. The molecule has 0 aliphatic carbocycles. The molecule has 1 aromatic carbocycles. The fourth-order valence-electron chi connectivity index (χ4n) is 2.31. The first-order valence-electron chi connectivity index (χ1n) is 7.29. The molecule has 1 amide bonds. The molecular formula is C15H20N2O4S. The molecule has 2 rings (SSSR count). The molecule has 6 nitrogen and oxygen atoms in total. The topological polar surface area (TPSA) is 83.5 Å². The van der Waals surface area contributed by atoms with E-state index >= 15 is 0 Å². The van der Waals surface area contributed by atoms with E-state index in [2.05, 4.69) is 5.32 Å². The molecular weight excluding hydrogens is 304 g/mol. The van der Waals surface area contributed by atoms with E-state index in [0.29, 0.717) is 18.7 Å². The van der Waals surface area contributed by atoms with Gasteiger partial charge in [0.1, 0.15) is 5.78 Å². The predicted molar refractivity (Wildman–Crippen MR) is 82.1 cm³/mol. The fraction of sp³-hybridized carbons (Fsp3) is 0.467. The molecule has 1 fully saturated rings. The molecule has 22 heavy (non-hydrogen) atoms. The highest BCUT2D eigenvalue weighted by Crippen LogP contribution is 2.21. The first kappa shape index (κ1) is 16.6. The summed E-state index contributed by atoms with van der Waals surface area (Å²) >= 11 is 0. The van der Waals surface area contributed by atoms with Crippen LogP contribution in [0.4, 0.5) is 0 Å². The average molecular weight is 324 g/mol. The van der Waals surface area contributed by atoms with Crippen molar-refractivity contribution in [3.63, 3.8) is 0 Å². The van der Waals surface area contributed by atoms with Gasteiger partial charge in [0.2, 0.25) is 10.0 Å². The van der Waals surface area contributed by atoms with Crippen LogP contribution < -0.4 is 5.32 Å². The van der Waals surface area contributed by atoms with E-state index in [4.69, 9.17) is 0 Å². The van der Waals surface area contributed by atoms with Crippen LogP contribution in [0.25, 0.3) is 0 Å². The van der Waals surface area contributed by atoms with Gasteiger partial charge in [0, 0.05) is 31.6 Å². The molecule has 0 atom stereocenters. The number of nitrogens with zero attached hydrogens (tertiary/aromatic N) is 1. The summed E-state index contributed by atoms with van der Waals surface area (Å²) in [5.41, 5.74) is 0.379. The van der Waals surface area contributed by atoms with Crippen molar-refractivity contribution in [2.24, 2.45) is 0 Å². The molecule has 1 aliphatic heterocycles. The van der Waals surface area contributed by atoms with E-state index in [0.717, 1.165) is 12.8 Å². The SMILES string of the molecule is CC(=O)CCNC(=O)c1ccc(S(=O)(=O)N2CCCC2)cc1. The molecule has 0 unspecified atom stereocenters. The average Bonchev–Trinajstić information content (AvgIpc) is 3.02. The summed E-state index contributed by atoms with van der Waals surface area (Å²) < 4.78 is 26.2. The van der Waals surface area contributed by atoms with Crippen LogP contribution >= 0.6 is 0 Å². The molecule has 0 aromatic heterocycles. The molecule has 1 saturated heterocycles. The van der Waals surface area contributed by atoms with Gasteiger partial charge in [-0.25, -0.2) is 8.42 Å². The van der Waals surface area contributed by atoms with Gasteiger partial charge in [-0.2, -0.15) is 4.31 Å². The number of hydrogen-bond acceptors (Lipinski definition) is 4. The van der Waals surface area contributed by atoms with Gasteiger partial charge >= 0.3 is 0 Å². The number of rotatable bonds is 6. The molecule has 0 spiro atoms. The van der Waals surface area contributed by atoms with Crippen molar-refractivity contribution >= 4 is 21.7 Å². The standard InChI is InChI=1S/C15H20N2O4S/c1-12(18)8-9-16-15(19)13-4-6-14(7-5-13)22(20,21)17-10-2-3-11-17/h4-7H,2-3,8-11H2,1H3,(H,16,19). The van der Waals surface area contributed by atoms with Crippen LogP contribution in [0.5, 0.6) is 0 Å². The molecule has 1 N–H and O–H groups in total. The maximum absolute atomic E-state index is 12.4. The van der Waals surface area contributed by atoms with Gasteiger partial charge in [0.25, 0.3) is 5.91 Å². The highest BCUT2D eigenvalue weighted by molar-refractivity contribution is 7.89. The van der Waals surface area contributed by atoms with E-state index in [1.165, 1.54) is 35.5 Å². The lowest BCUT2D eigenvalue weighted by atomic mass is 10.2. The third-order valence-electron chi connectivity index (χ3n) is 3.58. The molecule has 1 aromatic rings. The maximum Gasteiger partial charge on any atom is 0.251 e. The van der Waals surface area contributed by atoms with Crippen LogP contribution in [0, 0.1) is 0 Å². The zero-order valence-electron chi connectivity index (χ0n) is 12.5. The number of benzene rings is 1. The Bertz CT molecular complexity index is 647. The summed E-state index contributed by atoms with van der Waals surface area (Å²) in [4.78, 5) is 22.9. The van der Waals surface area contributed by atoms with Crippen molar-refractivity contribution < 1.29 is 18.0 Å². The van der Waals surface area contributed by atoms with Crippen LogP contribution in [0.3, 0.4) is 0 Å². The first-order chi connectivity index (χ1) is 10.4. The Morgan fingerprint density at radius 1 is 1.14 bits per heavy atom. The Morgan fingerprint density at radius 3 is 2.27 bits per heavy atom. The zero-order valence-corrected chi connectivity index (χ0v) is 13.4. The minimum atomic E-state index is -3.45. The van der Waals surface area contributed by atoms with Crippen molar-refractivity contribution in [1.29, 1.82) is 0 Å². The molecule has 120 valence electrons. The smallest absolute Gasteiger partial charge is 0.251 e. The van der Waals surface area contributed by atoms with Crippen molar-refractivity contribution in [2.45, 2.75) is 31.1 Å². The molecule has 7 heteroatoms. The highest BCUT2D eigenvalue weighted by atomic mass is 32.2. The van der Waals surface area contributed by atoms with Crippen LogP contribution in [0.1, 0.15) is 36.5 Å².